The molecule has 0 spiro atoms. The van der Waals surface area contributed by atoms with Crippen LogP contribution in [0, 0.1) is 0 Å². The fraction of sp³-hybridized carbons (Fsp3) is 0.192. The monoisotopic (exact) mass is 493 g/mol. The van der Waals surface area contributed by atoms with Gasteiger partial charge in [-0.1, -0.05) is 78.9 Å². The van der Waals surface area contributed by atoms with Gasteiger partial charge < -0.3 is 16.2 Å². The Hall–Kier alpha value is -3.82. The molecule has 9 heteroatoms. The molecule has 0 aliphatic carbocycles. The van der Waals surface area contributed by atoms with E-state index in [0.29, 0.717) is 0 Å². The molecule has 2 amide bonds. The van der Waals surface area contributed by atoms with Crippen LogP contribution in [0.25, 0.3) is 0 Å². The third kappa shape index (κ3) is 7.59. The number of nitrogens with zero attached hydrogens (tertiary/aromatic N) is 1. The SMILES string of the molecule is N[C@H](Cc1ccccc1)C(=O)N=S(=O)(CC(=O)N[C@@H](Cc1ccccc1)C(=O)O)c1ccccc1. The number of hydrogen-bond donors (Lipinski definition) is 3. The van der Waals surface area contributed by atoms with Crippen LogP contribution >= 0.6 is 0 Å². The second kappa shape index (κ2) is 12.0. The maximum absolute atomic E-state index is 13.8. The molecular weight excluding hydrogens is 466 g/mol. The summed E-state index contributed by atoms with van der Waals surface area (Å²) >= 11 is 0. The first-order valence-electron chi connectivity index (χ1n) is 11.0. The fourth-order valence-electron chi connectivity index (χ4n) is 3.43. The van der Waals surface area contributed by atoms with Gasteiger partial charge in [0.25, 0.3) is 5.91 Å². The van der Waals surface area contributed by atoms with Crippen molar-refractivity contribution in [1.82, 2.24) is 5.32 Å². The molecule has 4 N–H and O–H groups in total. The number of carbonyl (C=O) groups excluding carboxylic acids is 2. The van der Waals surface area contributed by atoms with E-state index in [2.05, 4.69) is 9.68 Å². The zero-order valence-corrected chi connectivity index (χ0v) is 19.8. The number of aliphatic carboxylic acids is 1. The van der Waals surface area contributed by atoms with Crippen molar-refractivity contribution in [3.05, 3.63) is 102 Å². The Morgan fingerprint density at radius 2 is 1.31 bits per heavy atom. The van der Waals surface area contributed by atoms with E-state index in [4.69, 9.17) is 5.73 Å². The number of benzene rings is 3. The Balaban J connectivity index is 1.82. The fourth-order valence-corrected chi connectivity index (χ4v) is 5.22. The van der Waals surface area contributed by atoms with Gasteiger partial charge in [-0.05, 0) is 29.7 Å². The average Bonchev–Trinajstić information content (AvgIpc) is 2.85. The lowest BCUT2D eigenvalue weighted by molar-refractivity contribution is -0.141. The number of carbonyl (C=O) groups is 3. The minimum absolute atomic E-state index is 0.0481. The van der Waals surface area contributed by atoms with Crippen molar-refractivity contribution in [2.24, 2.45) is 10.1 Å². The molecule has 0 fully saturated rings. The Kier molecular flexibility index (Phi) is 8.88. The van der Waals surface area contributed by atoms with Crippen LogP contribution in [-0.4, -0.2) is 44.9 Å². The molecule has 0 aliphatic rings. The highest BCUT2D eigenvalue weighted by Gasteiger charge is 2.26. The van der Waals surface area contributed by atoms with E-state index >= 15 is 0 Å². The summed E-state index contributed by atoms with van der Waals surface area (Å²) in [5.74, 6) is -3.50. The van der Waals surface area contributed by atoms with Crippen LogP contribution in [0.4, 0.5) is 0 Å². The lowest BCUT2D eigenvalue weighted by Gasteiger charge is -2.17. The van der Waals surface area contributed by atoms with Gasteiger partial charge in [0, 0.05) is 11.3 Å². The lowest BCUT2D eigenvalue weighted by atomic mass is 10.1. The van der Waals surface area contributed by atoms with Gasteiger partial charge in [0.1, 0.15) is 11.8 Å². The molecule has 1 unspecified atom stereocenters. The normalized spacial score (nSPS) is 14.2. The van der Waals surface area contributed by atoms with E-state index in [-0.39, 0.29) is 17.7 Å². The first kappa shape index (κ1) is 25.8. The molecule has 0 radical (unpaired) electrons. The van der Waals surface area contributed by atoms with Gasteiger partial charge in [0.05, 0.1) is 15.8 Å². The average molecular weight is 494 g/mol. The van der Waals surface area contributed by atoms with Crippen molar-refractivity contribution < 1.29 is 23.7 Å². The molecule has 0 saturated heterocycles. The van der Waals surface area contributed by atoms with Gasteiger partial charge in [-0.2, -0.15) is 4.36 Å². The minimum atomic E-state index is -3.56. The van der Waals surface area contributed by atoms with Crippen molar-refractivity contribution in [3.8, 4) is 0 Å². The molecule has 3 aromatic carbocycles. The number of hydrogen-bond acceptors (Lipinski definition) is 5. The van der Waals surface area contributed by atoms with Crippen LogP contribution in [-0.2, 0) is 37.0 Å². The van der Waals surface area contributed by atoms with Crippen LogP contribution in [0.5, 0.6) is 0 Å². The van der Waals surface area contributed by atoms with Gasteiger partial charge in [0.2, 0.25) is 5.91 Å². The predicted octanol–water partition coefficient (Wildman–Crippen LogP) is 2.42. The third-order valence-electron chi connectivity index (χ3n) is 5.21. The molecule has 3 atom stereocenters. The van der Waals surface area contributed by atoms with E-state index in [1.54, 1.807) is 48.5 Å². The number of carboxylic acid groups (broad SMARTS) is 1. The zero-order chi connectivity index (χ0) is 25.3. The van der Waals surface area contributed by atoms with Crippen molar-refractivity contribution in [2.75, 3.05) is 5.75 Å². The summed E-state index contributed by atoms with van der Waals surface area (Å²) < 4.78 is 17.7. The van der Waals surface area contributed by atoms with E-state index in [1.807, 2.05) is 30.3 Å². The van der Waals surface area contributed by atoms with Crippen LogP contribution in [0.3, 0.4) is 0 Å². The molecule has 3 aromatic rings. The van der Waals surface area contributed by atoms with Crippen LogP contribution < -0.4 is 11.1 Å². The second-order valence-corrected chi connectivity index (χ2v) is 10.2. The third-order valence-corrected chi connectivity index (χ3v) is 7.34. The predicted molar refractivity (Wildman–Crippen MR) is 133 cm³/mol. The Morgan fingerprint density at radius 3 is 1.83 bits per heavy atom. The summed E-state index contributed by atoms with van der Waals surface area (Å²) in [6.45, 7) is 0. The molecule has 35 heavy (non-hydrogen) atoms. The van der Waals surface area contributed by atoms with Crippen LogP contribution in [0.1, 0.15) is 11.1 Å². The molecular formula is C26H27N3O5S. The highest BCUT2D eigenvalue weighted by molar-refractivity contribution is 7.94. The highest BCUT2D eigenvalue weighted by atomic mass is 32.2. The molecule has 0 aromatic heterocycles. The Labute approximate surface area is 204 Å². The molecule has 0 heterocycles. The molecule has 182 valence electrons. The maximum atomic E-state index is 13.8. The Bertz CT molecular complexity index is 1270. The lowest BCUT2D eigenvalue weighted by Crippen LogP contribution is -2.44. The number of nitrogens with two attached hydrogens (primary N) is 1. The summed E-state index contributed by atoms with van der Waals surface area (Å²) in [6.07, 6.45) is 0.240. The first-order valence-corrected chi connectivity index (χ1v) is 12.6. The van der Waals surface area contributed by atoms with Gasteiger partial charge in [-0.15, -0.1) is 0 Å². The quantitative estimate of drug-likeness (QED) is 0.396. The largest absolute Gasteiger partial charge is 0.480 e. The van der Waals surface area contributed by atoms with Gasteiger partial charge in [-0.3, -0.25) is 9.59 Å². The summed E-state index contributed by atoms with van der Waals surface area (Å²) in [5.41, 5.74) is 7.56. The molecule has 0 saturated carbocycles. The van der Waals surface area contributed by atoms with E-state index in [9.17, 15) is 23.7 Å². The summed E-state index contributed by atoms with van der Waals surface area (Å²) in [6, 6.07) is 23.6. The summed E-state index contributed by atoms with van der Waals surface area (Å²) in [5, 5.41) is 12.0. The van der Waals surface area contributed by atoms with E-state index < -0.39 is 45.3 Å². The first-order chi connectivity index (χ1) is 16.8. The Morgan fingerprint density at radius 1 is 0.829 bits per heavy atom. The molecule has 3 rings (SSSR count). The van der Waals surface area contributed by atoms with E-state index in [1.165, 1.54) is 12.1 Å². The molecule has 0 aliphatic heterocycles. The smallest absolute Gasteiger partial charge is 0.326 e. The summed E-state index contributed by atoms with van der Waals surface area (Å²) in [7, 11) is -3.56. The zero-order valence-electron chi connectivity index (χ0n) is 18.9. The van der Waals surface area contributed by atoms with Gasteiger partial charge in [-0.25, -0.2) is 9.00 Å². The number of nitrogens with one attached hydrogen (secondary N) is 1. The van der Waals surface area contributed by atoms with Gasteiger partial charge in [0.15, 0.2) is 0 Å². The standard InChI is InChI=1S/C26H27N3O5S/c27-22(16-19-10-4-1-5-11-19)25(31)29-35(34,21-14-8-3-9-15-21)18-24(30)28-23(26(32)33)17-20-12-6-2-7-13-20/h1-15,22-23H,16-18,27H2,(H,28,30)(H,32,33)/t22-,23+,35?/m1/s1. The maximum Gasteiger partial charge on any atom is 0.326 e. The second-order valence-electron chi connectivity index (χ2n) is 7.97. The number of rotatable bonds is 10. The number of carboxylic acids is 1. The highest BCUT2D eigenvalue weighted by Crippen LogP contribution is 2.16. The molecule has 0 bridgehead atoms. The van der Waals surface area contributed by atoms with Crippen LogP contribution in [0.2, 0.25) is 0 Å². The number of amides is 2. The van der Waals surface area contributed by atoms with Crippen molar-refractivity contribution >= 4 is 27.5 Å². The molecule has 8 nitrogen and oxygen atoms in total. The van der Waals surface area contributed by atoms with Crippen molar-refractivity contribution in [3.63, 3.8) is 0 Å². The topological polar surface area (TPSA) is 139 Å². The minimum Gasteiger partial charge on any atom is -0.480 e. The van der Waals surface area contributed by atoms with Crippen molar-refractivity contribution in [2.45, 2.75) is 29.8 Å². The van der Waals surface area contributed by atoms with Crippen molar-refractivity contribution in [1.29, 1.82) is 0 Å². The van der Waals surface area contributed by atoms with Crippen LogP contribution in [0.15, 0.2) is 100 Å². The summed E-state index contributed by atoms with van der Waals surface area (Å²) in [4.78, 5) is 37.5. The van der Waals surface area contributed by atoms with Gasteiger partial charge >= 0.3 is 5.97 Å². The van der Waals surface area contributed by atoms with E-state index in [0.717, 1.165) is 11.1 Å².